The number of hydrogen-bond acceptors (Lipinski definition) is 7. The average molecular weight is 469 g/mol. The Morgan fingerprint density at radius 1 is 1.30 bits per heavy atom. The van der Waals surface area contributed by atoms with Gasteiger partial charge in [0.15, 0.2) is 5.69 Å². The molecule has 0 aliphatic rings. The molecule has 0 unspecified atom stereocenters. The molecule has 10 nitrogen and oxygen atoms in total. The van der Waals surface area contributed by atoms with Crippen molar-refractivity contribution >= 4 is 23.2 Å². The number of aromatic hydroxyl groups is 1. The quantitative estimate of drug-likeness (QED) is 0.444. The number of aromatic nitrogens is 5. The summed E-state index contributed by atoms with van der Waals surface area (Å²) in [5.41, 5.74) is 0.713. The van der Waals surface area contributed by atoms with E-state index in [2.05, 4.69) is 20.4 Å². The molecule has 170 valence electrons. The lowest BCUT2D eigenvalue weighted by atomic mass is 9.93. The zero-order chi connectivity index (χ0) is 23.7. The second-order valence-corrected chi connectivity index (χ2v) is 8.02. The van der Waals surface area contributed by atoms with E-state index in [0.717, 1.165) is 11.3 Å². The number of halogens is 1. The van der Waals surface area contributed by atoms with E-state index < -0.39 is 34.9 Å². The maximum absolute atomic E-state index is 12.8. The van der Waals surface area contributed by atoms with Crippen LogP contribution in [-0.2, 0) is 7.05 Å². The highest BCUT2D eigenvalue weighted by atomic mass is 35.5. The third-order valence-corrected chi connectivity index (χ3v) is 5.71. The number of nitrogens with zero attached hydrogens (tertiary/aromatic N) is 5. The first-order valence-electron chi connectivity index (χ1n) is 10.0. The van der Waals surface area contributed by atoms with Gasteiger partial charge in [0.1, 0.15) is 17.8 Å². The Bertz CT molecular complexity index is 1360. The number of hydrogen-bond donors (Lipinski definition) is 2. The van der Waals surface area contributed by atoms with E-state index in [1.807, 2.05) is 42.8 Å². The molecular weight excluding hydrogens is 448 g/mol. The summed E-state index contributed by atoms with van der Waals surface area (Å²) in [5.74, 6) is -1.69. The number of carbonyl (C=O) groups is 1. The Hall–Kier alpha value is -3.92. The largest absolute Gasteiger partial charge is 0.501 e. The van der Waals surface area contributed by atoms with E-state index in [9.17, 15) is 14.7 Å². The van der Waals surface area contributed by atoms with E-state index in [0.29, 0.717) is 5.02 Å². The molecule has 0 aliphatic heterocycles. The molecule has 2 N–H and O–H groups in total. The Kier molecular flexibility index (Phi) is 6.01. The van der Waals surface area contributed by atoms with Crippen LogP contribution in [0.3, 0.4) is 0 Å². The van der Waals surface area contributed by atoms with Gasteiger partial charge in [0, 0.05) is 24.2 Å². The van der Waals surface area contributed by atoms with E-state index >= 15 is 0 Å². The summed E-state index contributed by atoms with van der Waals surface area (Å²) in [5, 5.41) is 16.9. The summed E-state index contributed by atoms with van der Waals surface area (Å²) >= 11 is 6.52. The molecule has 0 saturated carbocycles. The second-order valence-electron chi connectivity index (χ2n) is 7.62. The normalized spacial score (nSPS) is 13.0. The fourth-order valence-corrected chi connectivity index (χ4v) is 4.01. The Morgan fingerprint density at radius 3 is 2.70 bits per heavy atom. The van der Waals surface area contributed by atoms with Gasteiger partial charge in [-0.15, -0.1) is 0 Å². The SMILES string of the molecule is Cc1cn([C@H](c2ccccc2Cl)[C@@H](C)c2nc(C(=O)Nc3cnoc3)c(O)c(=O)n2C)cn1. The van der Waals surface area contributed by atoms with Gasteiger partial charge in [0.25, 0.3) is 11.5 Å². The summed E-state index contributed by atoms with van der Waals surface area (Å²) in [6, 6.07) is 6.97. The van der Waals surface area contributed by atoms with Crippen molar-refractivity contribution in [2.45, 2.75) is 25.8 Å². The number of carbonyl (C=O) groups excluding carboxylic acids is 1. The second kappa shape index (κ2) is 8.91. The van der Waals surface area contributed by atoms with E-state index in [-0.39, 0.29) is 11.5 Å². The number of imidazole rings is 1. The first-order chi connectivity index (χ1) is 15.8. The van der Waals surface area contributed by atoms with Crippen molar-refractivity contribution in [1.82, 2.24) is 24.3 Å². The summed E-state index contributed by atoms with van der Waals surface area (Å²) in [7, 11) is 1.49. The lowest BCUT2D eigenvalue weighted by Crippen LogP contribution is -2.30. The van der Waals surface area contributed by atoms with Crippen molar-refractivity contribution in [2.24, 2.45) is 7.05 Å². The van der Waals surface area contributed by atoms with Gasteiger partial charge in [-0.3, -0.25) is 14.2 Å². The van der Waals surface area contributed by atoms with Crippen molar-refractivity contribution in [2.75, 3.05) is 5.32 Å². The van der Waals surface area contributed by atoms with Crippen LogP contribution >= 0.6 is 11.6 Å². The van der Waals surface area contributed by atoms with Crippen molar-refractivity contribution < 1.29 is 14.4 Å². The van der Waals surface area contributed by atoms with Crippen molar-refractivity contribution in [3.8, 4) is 5.75 Å². The third kappa shape index (κ3) is 4.24. The van der Waals surface area contributed by atoms with Gasteiger partial charge in [-0.1, -0.05) is 41.9 Å². The van der Waals surface area contributed by atoms with Gasteiger partial charge in [-0.05, 0) is 18.6 Å². The number of amides is 1. The number of nitrogens with one attached hydrogen (secondary N) is 1. The molecular formula is C22H21ClN6O4. The highest BCUT2D eigenvalue weighted by Crippen LogP contribution is 2.37. The standard InChI is InChI=1S/C22H21ClN6O4/c1-12-9-29(11-24-12)18(15-6-4-5-7-16(15)23)13(2)20-27-17(19(30)22(32)28(20)3)21(31)26-14-8-25-33-10-14/h4-11,13,18,30H,1-3H3,(H,26,31)/t13-,18+/m1/s1. The maximum Gasteiger partial charge on any atom is 0.296 e. The molecule has 11 heteroatoms. The summed E-state index contributed by atoms with van der Waals surface area (Å²) in [4.78, 5) is 34.3. The Morgan fingerprint density at radius 2 is 2.06 bits per heavy atom. The minimum atomic E-state index is -0.769. The van der Waals surface area contributed by atoms with E-state index in [1.54, 1.807) is 12.4 Å². The molecule has 0 saturated heterocycles. The van der Waals surface area contributed by atoms with Gasteiger partial charge in [0.2, 0.25) is 5.75 Å². The molecule has 4 rings (SSSR count). The molecule has 0 radical (unpaired) electrons. The molecule has 0 fully saturated rings. The molecule has 0 bridgehead atoms. The van der Waals surface area contributed by atoms with E-state index in [1.165, 1.54) is 24.1 Å². The van der Waals surface area contributed by atoms with Crippen LogP contribution in [0.1, 0.15) is 46.5 Å². The summed E-state index contributed by atoms with van der Waals surface area (Å²) < 4.78 is 7.81. The fraction of sp³-hybridized carbons (Fsp3) is 0.227. The fourth-order valence-electron chi connectivity index (χ4n) is 3.77. The molecule has 1 aromatic carbocycles. The molecule has 1 amide bonds. The minimum Gasteiger partial charge on any atom is -0.501 e. The maximum atomic E-state index is 12.8. The van der Waals surface area contributed by atoms with Crippen LogP contribution in [-0.4, -0.2) is 35.3 Å². The smallest absolute Gasteiger partial charge is 0.296 e. The first-order valence-corrected chi connectivity index (χ1v) is 10.4. The van der Waals surface area contributed by atoms with Crippen LogP contribution in [0.15, 0.2) is 58.6 Å². The Labute approximate surface area is 193 Å². The predicted octanol–water partition coefficient (Wildman–Crippen LogP) is 3.28. The zero-order valence-corrected chi connectivity index (χ0v) is 18.8. The van der Waals surface area contributed by atoms with Crippen molar-refractivity contribution in [3.05, 3.63) is 87.4 Å². The van der Waals surface area contributed by atoms with Gasteiger partial charge in [-0.2, -0.15) is 0 Å². The van der Waals surface area contributed by atoms with E-state index in [4.69, 9.17) is 16.1 Å². The van der Waals surface area contributed by atoms with Crippen LogP contribution in [0.5, 0.6) is 5.75 Å². The zero-order valence-electron chi connectivity index (χ0n) is 18.1. The van der Waals surface area contributed by atoms with Gasteiger partial charge >= 0.3 is 0 Å². The molecule has 0 aliphatic carbocycles. The highest BCUT2D eigenvalue weighted by Gasteiger charge is 2.30. The third-order valence-electron chi connectivity index (χ3n) is 5.36. The van der Waals surface area contributed by atoms with Crippen molar-refractivity contribution in [1.29, 1.82) is 0 Å². The Balaban J connectivity index is 1.83. The molecule has 33 heavy (non-hydrogen) atoms. The van der Waals surface area contributed by atoms with Gasteiger partial charge in [-0.25, -0.2) is 9.97 Å². The van der Waals surface area contributed by atoms with Crippen LogP contribution in [0.4, 0.5) is 5.69 Å². The van der Waals surface area contributed by atoms with Gasteiger partial charge < -0.3 is 19.5 Å². The predicted molar refractivity (Wildman–Crippen MR) is 121 cm³/mol. The first kappa shape index (κ1) is 22.3. The van der Waals surface area contributed by atoms with Crippen molar-refractivity contribution in [3.63, 3.8) is 0 Å². The average Bonchev–Trinajstić information content (AvgIpc) is 3.45. The molecule has 3 heterocycles. The van der Waals surface area contributed by atoms with Crippen LogP contribution < -0.4 is 10.9 Å². The number of benzene rings is 1. The monoisotopic (exact) mass is 468 g/mol. The summed E-state index contributed by atoms with van der Waals surface area (Å²) in [6.07, 6.45) is 6.04. The minimum absolute atomic E-state index is 0.263. The highest BCUT2D eigenvalue weighted by molar-refractivity contribution is 6.31. The van der Waals surface area contributed by atoms with Crippen LogP contribution in [0.2, 0.25) is 5.02 Å². The lowest BCUT2D eigenvalue weighted by Gasteiger charge is -2.27. The molecule has 4 aromatic rings. The summed E-state index contributed by atoms with van der Waals surface area (Å²) in [6.45, 7) is 3.73. The molecule has 3 aromatic heterocycles. The van der Waals surface area contributed by atoms with Gasteiger partial charge in [0.05, 0.1) is 24.3 Å². The number of rotatable bonds is 6. The topological polar surface area (TPSA) is 128 Å². The molecule has 0 spiro atoms. The van der Waals surface area contributed by atoms with Crippen LogP contribution in [0.25, 0.3) is 0 Å². The van der Waals surface area contributed by atoms with Crippen LogP contribution in [0, 0.1) is 6.92 Å². The number of aryl methyl sites for hydroxylation is 1. The molecule has 2 atom stereocenters. The lowest BCUT2D eigenvalue weighted by molar-refractivity contribution is 0.101. The number of anilines is 1.